The van der Waals surface area contributed by atoms with Crippen LogP contribution in [-0.4, -0.2) is 60.2 Å². The van der Waals surface area contributed by atoms with Crippen molar-refractivity contribution in [1.82, 2.24) is 15.5 Å². The summed E-state index contributed by atoms with van der Waals surface area (Å²) in [4.78, 5) is 45.7. The number of carboxylic acid groups (broad SMARTS) is 1. The van der Waals surface area contributed by atoms with Crippen molar-refractivity contribution in [2.75, 3.05) is 20.2 Å². The molecule has 3 N–H and O–H groups in total. The van der Waals surface area contributed by atoms with Gasteiger partial charge in [-0.1, -0.05) is 0 Å². The molecular weight excluding hydrogens is 270 g/mol. The Morgan fingerprint density at radius 2 is 2.00 bits per heavy atom. The first-order valence-corrected chi connectivity index (χ1v) is 6.07. The van der Waals surface area contributed by atoms with Crippen molar-refractivity contribution >= 4 is 24.0 Å². The minimum atomic E-state index is -1.10. The fourth-order valence-corrected chi connectivity index (χ4v) is 1.77. The van der Waals surface area contributed by atoms with Crippen LogP contribution in [0, 0.1) is 0 Å². The zero-order valence-electron chi connectivity index (χ0n) is 11.0. The Morgan fingerprint density at radius 1 is 1.30 bits per heavy atom. The number of carbonyl (C=O) groups excluding carboxylic acids is 3. The van der Waals surface area contributed by atoms with Crippen molar-refractivity contribution < 1.29 is 29.0 Å². The average Bonchev–Trinajstić information content (AvgIpc) is 2.84. The molecule has 4 amide bonds. The van der Waals surface area contributed by atoms with Gasteiger partial charge >= 0.3 is 18.1 Å². The van der Waals surface area contributed by atoms with E-state index in [1.54, 1.807) is 0 Å². The van der Waals surface area contributed by atoms with Crippen molar-refractivity contribution in [3.8, 4) is 0 Å². The smallest absolute Gasteiger partial charge is 0.407 e. The maximum absolute atomic E-state index is 11.7. The number of nitrogens with zero attached hydrogens (tertiary/aromatic N) is 1. The van der Waals surface area contributed by atoms with Crippen LogP contribution in [0.4, 0.5) is 9.59 Å². The third kappa shape index (κ3) is 5.12. The minimum Gasteiger partial charge on any atom is -0.481 e. The van der Waals surface area contributed by atoms with Crippen LogP contribution in [0.2, 0.25) is 0 Å². The van der Waals surface area contributed by atoms with Crippen LogP contribution in [-0.2, 0) is 14.3 Å². The standard InChI is InChI=1S/C11H17N3O6/c1-20-11(19)12-7-4-5-14(6-7)10(18)13-8(15)2-3-9(16)17/h7H,2-6H2,1H3,(H,12,19)(H,16,17)(H,13,15,18). The molecule has 20 heavy (non-hydrogen) atoms. The van der Waals surface area contributed by atoms with Gasteiger partial charge in [0.15, 0.2) is 0 Å². The number of alkyl carbamates (subject to hydrolysis) is 1. The van der Waals surface area contributed by atoms with Gasteiger partial charge in [0.05, 0.1) is 19.6 Å². The van der Waals surface area contributed by atoms with Crippen molar-refractivity contribution in [3.05, 3.63) is 0 Å². The number of ether oxygens (including phenoxy) is 1. The highest BCUT2D eigenvalue weighted by Crippen LogP contribution is 2.09. The number of hydrogen-bond acceptors (Lipinski definition) is 5. The van der Waals surface area contributed by atoms with Gasteiger partial charge in [0.2, 0.25) is 5.91 Å². The number of hydrogen-bond donors (Lipinski definition) is 3. The monoisotopic (exact) mass is 287 g/mol. The van der Waals surface area contributed by atoms with E-state index in [0.717, 1.165) is 0 Å². The number of nitrogens with one attached hydrogen (secondary N) is 2. The van der Waals surface area contributed by atoms with E-state index in [2.05, 4.69) is 15.4 Å². The molecule has 0 saturated carbocycles. The Kier molecular flexibility index (Phi) is 5.75. The first-order valence-electron chi connectivity index (χ1n) is 6.07. The summed E-state index contributed by atoms with van der Waals surface area (Å²) >= 11 is 0. The number of aliphatic carboxylic acids is 1. The van der Waals surface area contributed by atoms with Crippen molar-refractivity contribution in [2.24, 2.45) is 0 Å². The molecule has 1 unspecified atom stereocenters. The van der Waals surface area contributed by atoms with Gasteiger partial charge < -0.3 is 20.1 Å². The fraction of sp³-hybridized carbons (Fsp3) is 0.636. The number of methoxy groups -OCH3 is 1. The van der Waals surface area contributed by atoms with E-state index >= 15 is 0 Å². The van der Waals surface area contributed by atoms with Gasteiger partial charge in [0.1, 0.15) is 0 Å². The van der Waals surface area contributed by atoms with Gasteiger partial charge in [-0.2, -0.15) is 0 Å². The number of urea groups is 1. The van der Waals surface area contributed by atoms with E-state index in [4.69, 9.17) is 5.11 Å². The van der Waals surface area contributed by atoms with Crippen LogP contribution in [0.1, 0.15) is 19.3 Å². The first-order chi connectivity index (χ1) is 9.42. The lowest BCUT2D eigenvalue weighted by molar-refractivity contribution is -0.138. The average molecular weight is 287 g/mol. The largest absolute Gasteiger partial charge is 0.481 e. The van der Waals surface area contributed by atoms with E-state index in [9.17, 15) is 19.2 Å². The topological polar surface area (TPSA) is 125 Å². The van der Waals surface area contributed by atoms with Crippen molar-refractivity contribution in [3.63, 3.8) is 0 Å². The van der Waals surface area contributed by atoms with Gasteiger partial charge in [-0.25, -0.2) is 9.59 Å². The summed E-state index contributed by atoms with van der Waals surface area (Å²) in [6, 6.07) is -0.808. The maximum Gasteiger partial charge on any atom is 0.407 e. The summed E-state index contributed by atoms with van der Waals surface area (Å²) < 4.78 is 4.45. The molecule has 0 radical (unpaired) electrons. The van der Waals surface area contributed by atoms with Gasteiger partial charge in [0, 0.05) is 19.5 Å². The second-order valence-corrected chi connectivity index (χ2v) is 4.31. The molecule has 1 saturated heterocycles. The second-order valence-electron chi connectivity index (χ2n) is 4.31. The number of likely N-dealkylation sites (tertiary alicyclic amines) is 1. The van der Waals surface area contributed by atoms with Crippen LogP contribution in [0.5, 0.6) is 0 Å². The quantitative estimate of drug-likeness (QED) is 0.641. The van der Waals surface area contributed by atoms with Gasteiger partial charge in [-0.15, -0.1) is 0 Å². The van der Waals surface area contributed by atoms with Crippen LogP contribution >= 0.6 is 0 Å². The van der Waals surface area contributed by atoms with E-state index in [-0.39, 0.29) is 25.4 Å². The predicted molar refractivity (Wildman–Crippen MR) is 65.9 cm³/mol. The first kappa shape index (κ1) is 15.7. The molecule has 112 valence electrons. The van der Waals surface area contributed by atoms with E-state index < -0.39 is 24.0 Å². The van der Waals surface area contributed by atoms with Crippen molar-refractivity contribution in [2.45, 2.75) is 25.3 Å². The molecule has 1 heterocycles. The lowest BCUT2D eigenvalue weighted by Gasteiger charge is -2.16. The molecule has 0 bridgehead atoms. The third-order valence-corrected chi connectivity index (χ3v) is 2.80. The summed E-state index contributed by atoms with van der Waals surface area (Å²) in [5.74, 6) is -1.74. The Balaban J connectivity index is 2.33. The minimum absolute atomic E-state index is 0.220. The summed E-state index contributed by atoms with van der Waals surface area (Å²) in [6.45, 7) is 0.667. The highest BCUT2D eigenvalue weighted by molar-refractivity contribution is 5.95. The van der Waals surface area contributed by atoms with Crippen LogP contribution < -0.4 is 10.6 Å². The van der Waals surface area contributed by atoms with Crippen LogP contribution in [0.15, 0.2) is 0 Å². The van der Waals surface area contributed by atoms with E-state index in [0.29, 0.717) is 13.0 Å². The second kappa shape index (κ2) is 7.31. The fourth-order valence-electron chi connectivity index (χ4n) is 1.77. The molecule has 0 aliphatic carbocycles. The molecule has 0 aromatic rings. The maximum atomic E-state index is 11.7. The Hall–Kier alpha value is -2.32. The summed E-state index contributed by atoms with van der Waals surface area (Å²) in [5, 5.41) is 13.1. The van der Waals surface area contributed by atoms with Crippen molar-refractivity contribution in [1.29, 1.82) is 0 Å². The molecule has 9 heteroatoms. The number of amides is 4. The SMILES string of the molecule is COC(=O)NC1CCN(C(=O)NC(=O)CCC(=O)O)C1. The Bertz CT molecular complexity index is 411. The molecule has 1 aliphatic rings. The summed E-state index contributed by atoms with van der Waals surface area (Å²) in [5.41, 5.74) is 0. The molecule has 1 atom stereocenters. The molecule has 0 aromatic carbocycles. The zero-order valence-corrected chi connectivity index (χ0v) is 11.0. The van der Waals surface area contributed by atoms with Gasteiger partial charge in [-0.05, 0) is 6.42 Å². The van der Waals surface area contributed by atoms with Gasteiger partial charge in [0.25, 0.3) is 0 Å². The van der Waals surface area contributed by atoms with Gasteiger partial charge in [-0.3, -0.25) is 14.9 Å². The predicted octanol–water partition coefficient (Wildman–Crippen LogP) is -0.482. The number of carboxylic acids is 1. The molecule has 1 aliphatic heterocycles. The van der Waals surface area contributed by atoms with E-state index in [1.165, 1.54) is 12.0 Å². The lowest BCUT2D eigenvalue weighted by atomic mass is 10.3. The molecular formula is C11H17N3O6. The van der Waals surface area contributed by atoms with Crippen LogP contribution in [0.25, 0.3) is 0 Å². The number of rotatable bonds is 4. The zero-order chi connectivity index (χ0) is 15.1. The highest BCUT2D eigenvalue weighted by Gasteiger charge is 2.28. The highest BCUT2D eigenvalue weighted by atomic mass is 16.5. The number of carbonyl (C=O) groups is 4. The summed E-state index contributed by atoms with van der Waals surface area (Å²) in [7, 11) is 1.25. The molecule has 9 nitrogen and oxygen atoms in total. The lowest BCUT2D eigenvalue weighted by Crippen LogP contribution is -2.44. The molecule has 1 fully saturated rings. The molecule has 0 aromatic heterocycles. The summed E-state index contributed by atoms with van der Waals surface area (Å²) in [6.07, 6.45) is -0.592. The Labute approximate surface area is 115 Å². The molecule has 1 rings (SSSR count). The normalized spacial score (nSPS) is 17.4. The Morgan fingerprint density at radius 3 is 2.60 bits per heavy atom. The molecule has 0 spiro atoms. The third-order valence-electron chi connectivity index (χ3n) is 2.80. The number of imide groups is 1. The van der Waals surface area contributed by atoms with Crippen LogP contribution in [0.3, 0.4) is 0 Å². The van der Waals surface area contributed by atoms with E-state index in [1.807, 2.05) is 0 Å².